The van der Waals surface area contributed by atoms with Gasteiger partial charge in [-0.1, -0.05) is 15.9 Å². The molecule has 0 aliphatic heterocycles. The standard InChI is InChI=1S/C16H16BrNO4/c1-21-14(19)16(15(20)22-2)7-3-4-10-11-8-9(17)5-6-12(11)18-13(10)16/h5-6,8,18H,3-4,7H2,1-2H3. The van der Waals surface area contributed by atoms with E-state index < -0.39 is 17.4 Å². The third-order valence-corrected chi connectivity index (χ3v) is 4.83. The minimum absolute atomic E-state index is 0.382. The van der Waals surface area contributed by atoms with Crippen LogP contribution < -0.4 is 0 Å². The number of hydrogen-bond acceptors (Lipinski definition) is 4. The molecular weight excluding hydrogens is 350 g/mol. The van der Waals surface area contributed by atoms with Crippen molar-refractivity contribution in [3.8, 4) is 0 Å². The molecule has 1 heterocycles. The molecule has 3 rings (SSSR count). The number of fused-ring (bicyclic) bond motifs is 3. The average molecular weight is 366 g/mol. The van der Waals surface area contributed by atoms with Gasteiger partial charge in [0, 0.05) is 21.1 Å². The first-order chi connectivity index (χ1) is 10.5. The van der Waals surface area contributed by atoms with Gasteiger partial charge in [0.15, 0.2) is 0 Å². The topological polar surface area (TPSA) is 68.4 Å². The van der Waals surface area contributed by atoms with Crippen LogP contribution >= 0.6 is 15.9 Å². The van der Waals surface area contributed by atoms with Crippen LogP contribution in [0, 0.1) is 0 Å². The van der Waals surface area contributed by atoms with Gasteiger partial charge in [-0.05, 0) is 43.0 Å². The molecule has 0 bridgehead atoms. The zero-order chi connectivity index (χ0) is 15.9. The van der Waals surface area contributed by atoms with Crippen molar-refractivity contribution in [2.45, 2.75) is 24.7 Å². The van der Waals surface area contributed by atoms with Crippen LogP contribution in [-0.4, -0.2) is 31.1 Å². The van der Waals surface area contributed by atoms with E-state index in [1.165, 1.54) is 14.2 Å². The maximum absolute atomic E-state index is 12.4. The van der Waals surface area contributed by atoms with E-state index in [4.69, 9.17) is 9.47 Å². The summed E-state index contributed by atoms with van der Waals surface area (Å²) in [5.41, 5.74) is 1.08. The van der Waals surface area contributed by atoms with Gasteiger partial charge in [0.2, 0.25) is 5.41 Å². The Kier molecular flexibility index (Phi) is 3.72. The fourth-order valence-electron chi connectivity index (χ4n) is 3.34. The van der Waals surface area contributed by atoms with Crippen molar-refractivity contribution in [3.05, 3.63) is 33.9 Å². The zero-order valence-corrected chi connectivity index (χ0v) is 14.0. The average Bonchev–Trinajstić information content (AvgIpc) is 2.91. The van der Waals surface area contributed by atoms with Crippen LogP contribution in [0.3, 0.4) is 0 Å². The molecule has 0 spiro atoms. The lowest BCUT2D eigenvalue weighted by Crippen LogP contribution is -2.48. The van der Waals surface area contributed by atoms with Gasteiger partial charge in [-0.2, -0.15) is 0 Å². The van der Waals surface area contributed by atoms with Gasteiger partial charge in [-0.25, -0.2) is 0 Å². The van der Waals surface area contributed by atoms with Crippen molar-refractivity contribution >= 4 is 38.8 Å². The summed E-state index contributed by atoms with van der Waals surface area (Å²) in [6.07, 6.45) is 1.91. The number of ether oxygens (including phenoxy) is 2. The Bertz CT molecular complexity index is 749. The Morgan fingerprint density at radius 3 is 2.55 bits per heavy atom. The van der Waals surface area contributed by atoms with Gasteiger partial charge in [-0.3, -0.25) is 9.59 Å². The SMILES string of the molecule is COC(=O)C1(C(=O)OC)CCCc2c1[nH]c1ccc(Br)cc21. The van der Waals surface area contributed by atoms with E-state index in [0.717, 1.165) is 33.8 Å². The zero-order valence-electron chi connectivity index (χ0n) is 12.4. The lowest BCUT2D eigenvalue weighted by Gasteiger charge is -2.31. The first-order valence-corrected chi connectivity index (χ1v) is 7.81. The second kappa shape index (κ2) is 5.43. The number of aryl methyl sites for hydroxylation is 1. The molecule has 1 aliphatic rings. The number of benzene rings is 1. The van der Waals surface area contributed by atoms with E-state index in [0.29, 0.717) is 12.1 Å². The molecule has 6 heteroatoms. The van der Waals surface area contributed by atoms with Crippen LogP contribution in [0.2, 0.25) is 0 Å². The Labute approximate surface area is 136 Å². The van der Waals surface area contributed by atoms with Gasteiger partial charge < -0.3 is 14.5 Å². The van der Waals surface area contributed by atoms with E-state index in [9.17, 15) is 9.59 Å². The minimum atomic E-state index is -1.40. The predicted molar refractivity (Wildman–Crippen MR) is 84.6 cm³/mol. The second-order valence-corrected chi connectivity index (χ2v) is 6.33. The summed E-state index contributed by atoms with van der Waals surface area (Å²) in [6.45, 7) is 0. The number of aromatic nitrogens is 1. The molecule has 0 fully saturated rings. The number of rotatable bonds is 2. The molecule has 0 saturated carbocycles. The largest absolute Gasteiger partial charge is 0.468 e. The van der Waals surface area contributed by atoms with Gasteiger partial charge in [-0.15, -0.1) is 0 Å². The highest BCUT2D eigenvalue weighted by molar-refractivity contribution is 9.10. The van der Waals surface area contributed by atoms with Crippen LogP contribution in [-0.2, 0) is 30.9 Å². The lowest BCUT2D eigenvalue weighted by molar-refractivity contribution is -0.163. The number of halogens is 1. The van der Waals surface area contributed by atoms with E-state index in [-0.39, 0.29) is 0 Å². The first-order valence-electron chi connectivity index (χ1n) is 7.02. The quantitative estimate of drug-likeness (QED) is 0.656. The molecule has 0 amide bonds. The highest BCUT2D eigenvalue weighted by Crippen LogP contribution is 2.42. The predicted octanol–water partition coefficient (Wildman–Crippen LogP) is 2.85. The van der Waals surface area contributed by atoms with Crippen LogP contribution in [0.25, 0.3) is 10.9 Å². The number of nitrogens with one attached hydrogen (secondary N) is 1. The first kappa shape index (κ1) is 15.1. The third kappa shape index (κ3) is 1.97. The second-order valence-electron chi connectivity index (χ2n) is 5.41. The van der Waals surface area contributed by atoms with Crippen LogP contribution in [0.15, 0.2) is 22.7 Å². The summed E-state index contributed by atoms with van der Waals surface area (Å²) in [4.78, 5) is 28.1. The van der Waals surface area contributed by atoms with E-state index in [2.05, 4.69) is 20.9 Å². The summed E-state index contributed by atoms with van der Waals surface area (Å²) in [7, 11) is 2.58. The summed E-state index contributed by atoms with van der Waals surface area (Å²) in [5.74, 6) is -1.16. The van der Waals surface area contributed by atoms with Crippen LogP contribution in [0.4, 0.5) is 0 Å². The van der Waals surface area contributed by atoms with Gasteiger partial charge >= 0.3 is 11.9 Å². The highest BCUT2D eigenvalue weighted by atomic mass is 79.9. The number of hydrogen-bond donors (Lipinski definition) is 1. The molecular formula is C16H16BrNO4. The number of carbonyl (C=O) groups excluding carboxylic acids is 2. The molecule has 0 atom stereocenters. The van der Waals surface area contributed by atoms with Gasteiger partial charge in [0.05, 0.1) is 14.2 Å². The third-order valence-electron chi connectivity index (χ3n) is 4.34. The van der Waals surface area contributed by atoms with Crippen LogP contribution in [0.1, 0.15) is 24.1 Å². The molecule has 22 heavy (non-hydrogen) atoms. The summed E-state index contributed by atoms with van der Waals surface area (Å²) in [5, 5.41) is 1.02. The smallest absolute Gasteiger partial charge is 0.329 e. The summed E-state index contributed by atoms with van der Waals surface area (Å²) >= 11 is 3.46. The Hall–Kier alpha value is -1.82. The Morgan fingerprint density at radius 2 is 1.91 bits per heavy atom. The van der Waals surface area contributed by atoms with Crippen molar-refractivity contribution in [1.82, 2.24) is 4.98 Å². The number of methoxy groups -OCH3 is 2. The molecule has 0 radical (unpaired) electrons. The Balaban J connectivity index is 2.31. The maximum Gasteiger partial charge on any atom is 0.329 e. The van der Waals surface area contributed by atoms with E-state index >= 15 is 0 Å². The molecule has 5 nitrogen and oxygen atoms in total. The number of esters is 2. The van der Waals surface area contributed by atoms with Gasteiger partial charge in [0.25, 0.3) is 0 Å². The van der Waals surface area contributed by atoms with Crippen molar-refractivity contribution < 1.29 is 19.1 Å². The monoisotopic (exact) mass is 365 g/mol. The minimum Gasteiger partial charge on any atom is -0.468 e. The van der Waals surface area contributed by atoms with E-state index in [1.807, 2.05) is 18.2 Å². The van der Waals surface area contributed by atoms with Crippen molar-refractivity contribution in [2.75, 3.05) is 14.2 Å². The normalized spacial score (nSPS) is 16.1. The number of H-pyrrole nitrogens is 1. The molecule has 2 aromatic rings. The van der Waals surface area contributed by atoms with Gasteiger partial charge in [0.1, 0.15) is 0 Å². The molecule has 1 aliphatic carbocycles. The maximum atomic E-state index is 12.4. The van der Waals surface area contributed by atoms with E-state index in [1.54, 1.807) is 0 Å². The molecule has 0 saturated heterocycles. The fraction of sp³-hybridized carbons (Fsp3) is 0.375. The Morgan fingerprint density at radius 1 is 1.23 bits per heavy atom. The summed E-state index contributed by atoms with van der Waals surface area (Å²) < 4.78 is 10.8. The van der Waals surface area contributed by atoms with Crippen molar-refractivity contribution in [2.24, 2.45) is 0 Å². The van der Waals surface area contributed by atoms with Crippen molar-refractivity contribution in [3.63, 3.8) is 0 Å². The molecule has 116 valence electrons. The van der Waals surface area contributed by atoms with Crippen LogP contribution in [0.5, 0.6) is 0 Å². The highest BCUT2D eigenvalue weighted by Gasteiger charge is 2.53. The van der Waals surface area contributed by atoms with Crippen molar-refractivity contribution in [1.29, 1.82) is 0 Å². The summed E-state index contributed by atoms with van der Waals surface area (Å²) in [6, 6.07) is 5.84. The molecule has 1 N–H and O–H groups in total. The number of carbonyl (C=O) groups is 2. The molecule has 1 aromatic heterocycles. The lowest BCUT2D eigenvalue weighted by atomic mass is 9.73. The number of aromatic amines is 1. The molecule has 1 aromatic carbocycles. The fourth-order valence-corrected chi connectivity index (χ4v) is 3.70. The molecule has 0 unspecified atom stereocenters.